The Balaban J connectivity index is 2.16. The highest BCUT2D eigenvalue weighted by molar-refractivity contribution is 4.91. The Morgan fingerprint density at radius 2 is 2.00 bits per heavy atom. The summed E-state index contributed by atoms with van der Waals surface area (Å²) in [6.45, 7) is 0.356. The molecule has 0 aromatic rings. The van der Waals surface area contributed by atoms with Crippen molar-refractivity contribution < 1.29 is 25.4 Å². The largest absolute Gasteiger partial charge is 0.384 e. The van der Waals surface area contributed by atoms with E-state index in [9.17, 15) is 10.2 Å². The number of quaternary nitrogens is 1. The molecule has 2 saturated heterocycles. The molecule has 5 N–H and O–H groups in total. The van der Waals surface area contributed by atoms with Gasteiger partial charge in [0.1, 0.15) is 18.2 Å². The van der Waals surface area contributed by atoms with Crippen LogP contribution < -0.4 is 5.73 Å². The Labute approximate surface area is 63.7 Å². The van der Waals surface area contributed by atoms with Crippen LogP contribution in [0.4, 0.5) is 0 Å². The second kappa shape index (κ2) is 2.40. The quantitative estimate of drug-likeness (QED) is 0.356. The smallest absolute Gasteiger partial charge is 0.190 e. The van der Waals surface area contributed by atoms with Gasteiger partial charge in [-0.15, -0.1) is 0 Å². The topological polar surface area (TPSA) is 86.6 Å². The van der Waals surface area contributed by atoms with E-state index in [0.717, 1.165) is 0 Å². The summed E-state index contributed by atoms with van der Waals surface area (Å²) >= 11 is 0. The summed E-state index contributed by atoms with van der Waals surface area (Å²) in [4.78, 5) is 0. The molecule has 11 heavy (non-hydrogen) atoms. The first-order valence-electron chi connectivity index (χ1n) is 3.66. The SMILES string of the molecule is [NH3+]C1C(O)C2COC(O2)C1O. The number of hydrogen-bond acceptors (Lipinski definition) is 4. The second-order valence-electron chi connectivity index (χ2n) is 3.02. The minimum absolute atomic E-state index is 0.300. The molecule has 5 unspecified atom stereocenters. The van der Waals surface area contributed by atoms with Gasteiger partial charge in [0.2, 0.25) is 0 Å². The first-order valence-corrected chi connectivity index (χ1v) is 3.66. The standard InChI is InChI=1S/C6H11NO4/c7-3-4(8)2-1-10-6(11-2)5(3)9/h2-6,8-9H,1,7H2/p+1. The van der Waals surface area contributed by atoms with Gasteiger partial charge in [-0.2, -0.15) is 0 Å². The van der Waals surface area contributed by atoms with Gasteiger partial charge in [-0.3, -0.25) is 0 Å². The van der Waals surface area contributed by atoms with Gasteiger partial charge in [0.15, 0.2) is 12.4 Å². The maximum atomic E-state index is 9.41. The highest BCUT2D eigenvalue weighted by atomic mass is 16.7. The van der Waals surface area contributed by atoms with E-state index in [1.165, 1.54) is 0 Å². The summed E-state index contributed by atoms with van der Waals surface area (Å²) in [5.41, 5.74) is 3.64. The number of rotatable bonds is 0. The van der Waals surface area contributed by atoms with Gasteiger partial charge in [0.25, 0.3) is 0 Å². The molecule has 2 aliphatic heterocycles. The average molecular weight is 162 g/mol. The van der Waals surface area contributed by atoms with Gasteiger partial charge < -0.3 is 25.4 Å². The lowest BCUT2D eigenvalue weighted by atomic mass is 9.99. The average Bonchev–Trinajstić information content (AvgIpc) is 2.44. The van der Waals surface area contributed by atoms with Crippen molar-refractivity contribution in [1.82, 2.24) is 0 Å². The van der Waals surface area contributed by atoms with Crippen molar-refractivity contribution in [3.05, 3.63) is 0 Å². The van der Waals surface area contributed by atoms with Crippen LogP contribution >= 0.6 is 0 Å². The molecule has 64 valence electrons. The summed E-state index contributed by atoms with van der Waals surface area (Å²) in [5.74, 6) is 0. The van der Waals surface area contributed by atoms with Crippen LogP contribution in [0, 0.1) is 0 Å². The number of hydrogen-bond donors (Lipinski definition) is 3. The van der Waals surface area contributed by atoms with Crippen LogP contribution in [0.1, 0.15) is 0 Å². The van der Waals surface area contributed by atoms with Crippen molar-refractivity contribution in [3.8, 4) is 0 Å². The monoisotopic (exact) mass is 162 g/mol. The fourth-order valence-electron chi connectivity index (χ4n) is 1.48. The summed E-state index contributed by atoms with van der Waals surface area (Å²) in [5, 5.41) is 18.8. The summed E-state index contributed by atoms with van der Waals surface area (Å²) in [6.07, 6.45) is -2.38. The van der Waals surface area contributed by atoms with Crippen molar-refractivity contribution in [2.24, 2.45) is 0 Å². The first kappa shape index (κ1) is 7.45. The number of fused-ring (bicyclic) bond motifs is 2. The van der Waals surface area contributed by atoms with Gasteiger partial charge in [-0.1, -0.05) is 0 Å². The zero-order chi connectivity index (χ0) is 8.01. The van der Waals surface area contributed by atoms with Gasteiger partial charge >= 0.3 is 0 Å². The first-order chi connectivity index (χ1) is 5.20. The third kappa shape index (κ3) is 0.969. The Hall–Kier alpha value is -0.200. The van der Waals surface area contributed by atoms with Crippen molar-refractivity contribution in [2.75, 3.05) is 6.61 Å². The Morgan fingerprint density at radius 3 is 2.73 bits per heavy atom. The van der Waals surface area contributed by atoms with Crippen molar-refractivity contribution in [3.63, 3.8) is 0 Å². The highest BCUT2D eigenvalue weighted by Gasteiger charge is 2.50. The number of aliphatic hydroxyl groups excluding tert-OH is 2. The minimum atomic E-state index is -0.802. The van der Waals surface area contributed by atoms with Gasteiger partial charge in [-0.05, 0) is 0 Å². The predicted octanol–water partition coefficient (Wildman–Crippen LogP) is -2.93. The molecule has 2 heterocycles. The number of aliphatic hydroxyl groups is 2. The van der Waals surface area contributed by atoms with Crippen molar-refractivity contribution >= 4 is 0 Å². The molecule has 2 aliphatic rings. The van der Waals surface area contributed by atoms with Crippen LogP contribution in [0.25, 0.3) is 0 Å². The lowest BCUT2D eigenvalue weighted by Crippen LogP contribution is -2.76. The molecule has 0 radical (unpaired) electrons. The van der Waals surface area contributed by atoms with Crippen molar-refractivity contribution in [1.29, 1.82) is 0 Å². The van der Waals surface area contributed by atoms with Gasteiger partial charge in [0, 0.05) is 0 Å². The third-order valence-electron chi connectivity index (χ3n) is 2.27. The molecule has 0 aromatic carbocycles. The van der Waals surface area contributed by atoms with E-state index in [-0.39, 0.29) is 6.10 Å². The van der Waals surface area contributed by atoms with E-state index in [0.29, 0.717) is 6.61 Å². The van der Waals surface area contributed by atoms with E-state index in [2.05, 4.69) is 5.73 Å². The molecule has 0 saturated carbocycles. The maximum Gasteiger partial charge on any atom is 0.190 e. The molecule has 2 fully saturated rings. The molecule has 2 rings (SSSR count). The molecule has 5 atom stereocenters. The van der Waals surface area contributed by atoms with Crippen LogP contribution in [0.15, 0.2) is 0 Å². The highest BCUT2D eigenvalue weighted by Crippen LogP contribution is 2.25. The molecule has 2 bridgehead atoms. The summed E-state index contributed by atoms with van der Waals surface area (Å²) in [7, 11) is 0. The Bertz CT molecular complexity index is 145. The molecule has 5 heteroatoms. The normalized spacial score (nSPS) is 56.5. The van der Waals surface area contributed by atoms with E-state index < -0.39 is 24.5 Å². The fourth-order valence-corrected chi connectivity index (χ4v) is 1.48. The Kier molecular flexibility index (Phi) is 1.62. The van der Waals surface area contributed by atoms with Gasteiger partial charge in [0.05, 0.1) is 6.61 Å². The molecule has 0 aromatic heterocycles. The maximum absolute atomic E-state index is 9.41. The molecule has 0 amide bonds. The van der Waals surface area contributed by atoms with Crippen LogP contribution in [0.5, 0.6) is 0 Å². The van der Waals surface area contributed by atoms with E-state index in [1.54, 1.807) is 0 Å². The van der Waals surface area contributed by atoms with E-state index >= 15 is 0 Å². The van der Waals surface area contributed by atoms with Crippen LogP contribution in [0.2, 0.25) is 0 Å². The van der Waals surface area contributed by atoms with Crippen LogP contribution in [-0.4, -0.2) is 47.5 Å². The molecular formula is C6H12NO4+. The lowest BCUT2D eigenvalue weighted by Gasteiger charge is -2.30. The molecule has 5 nitrogen and oxygen atoms in total. The Morgan fingerprint density at radius 1 is 1.27 bits per heavy atom. The summed E-state index contributed by atoms with van der Waals surface area (Å²) in [6, 6.07) is -0.402. The molecular weight excluding hydrogens is 150 g/mol. The second-order valence-corrected chi connectivity index (χ2v) is 3.02. The zero-order valence-electron chi connectivity index (χ0n) is 6.01. The van der Waals surface area contributed by atoms with Crippen molar-refractivity contribution in [2.45, 2.75) is 30.6 Å². The van der Waals surface area contributed by atoms with Crippen LogP contribution in [0.3, 0.4) is 0 Å². The number of ether oxygens (including phenoxy) is 2. The molecule has 0 spiro atoms. The van der Waals surface area contributed by atoms with Crippen LogP contribution in [-0.2, 0) is 9.47 Å². The third-order valence-corrected chi connectivity index (χ3v) is 2.27. The molecule has 0 aliphatic carbocycles. The zero-order valence-corrected chi connectivity index (χ0v) is 6.01. The predicted molar refractivity (Wildman–Crippen MR) is 33.3 cm³/mol. The van der Waals surface area contributed by atoms with E-state index in [1.807, 2.05) is 0 Å². The van der Waals surface area contributed by atoms with E-state index in [4.69, 9.17) is 9.47 Å². The minimum Gasteiger partial charge on any atom is -0.384 e. The summed E-state index contributed by atoms with van der Waals surface area (Å²) < 4.78 is 10.2. The van der Waals surface area contributed by atoms with Gasteiger partial charge in [-0.25, -0.2) is 0 Å². The lowest BCUT2D eigenvalue weighted by molar-refractivity contribution is -0.476. The fraction of sp³-hybridized carbons (Fsp3) is 1.00.